The molecule has 1 rings (SSSR count). The van der Waals surface area contributed by atoms with E-state index in [1.54, 1.807) is 0 Å². The number of aliphatic carboxylic acids is 1. The Balaban J connectivity index is 2.58. The Labute approximate surface area is 122 Å². The summed E-state index contributed by atoms with van der Waals surface area (Å²) < 4.78 is 0. The van der Waals surface area contributed by atoms with Crippen LogP contribution in [0.1, 0.15) is 32.6 Å². The Morgan fingerprint density at radius 3 is 2.29 bits per heavy atom. The van der Waals surface area contributed by atoms with Gasteiger partial charge in [0.1, 0.15) is 0 Å². The summed E-state index contributed by atoms with van der Waals surface area (Å²) >= 11 is 0. The van der Waals surface area contributed by atoms with E-state index in [0.717, 1.165) is 0 Å². The molecule has 1 N–H and O–H groups in total. The largest absolute Gasteiger partial charge is 0.481 e. The second kappa shape index (κ2) is 7.98. The average molecular weight is 294 g/mol. The molecule has 0 bridgehead atoms. The zero-order valence-electron chi connectivity index (χ0n) is 11.8. The molecule has 0 aromatic heterocycles. The first-order valence-corrected chi connectivity index (χ1v) is 6.66. The van der Waals surface area contributed by atoms with Crippen molar-refractivity contribution in [3.8, 4) is 0 Å². The van der Waals surface area contributed by atoms with Crippen LogP contribution >= 0.6 is 0 Å². The van der Waals surface area contributed by atoms with E-state index >= 15 is 0 Å². The van der Waals surface area contributed by atoms with Crippen LogP contribution in [0.25, 0.3) is 0 Å². The van der Waals surface area contributed by atoms with E-state index in [4.69, 9.17) is 5.11 Å². The van der Waals surface area contributed by atoms with Crippen molar-refractivity contribution in [2.24, 2.45) is 0 Å². The Bertz CT molecular complexity index is 513. The van der Waals surface area contributed by atoms with E-state index in [0.29, 0.717) is 31.5 Å². The van der Waals surface area contributed by atoms with Gasteiger partial charge in [-0.3, -0.25) is 19.7 Å². The number of rotatable bonds is 8. The zero-order chi connectivity index (χ0) is 15.8. The van der Waals surface area contributed by atoms with Crippen LogP contribution in [0.3, 0.4) is 0 Å². The van der Waals surface area contributed by atoms with Gasteiger partial charge in [0, 0.05) is 37.7 Å². The highest BCUT2D eigenvalue weighted by molar-refractivity contribution is 5.91. The maximum atomic E-state index is 11.6. The topological polar surface area (TPSA) is 101 Å². The summed E-state index contributed by atoms with van der Waals surface area (Å²) in [6, 6.07) is 5.79. The Morgan fingerprint density at radius 1 is 1.19 bits per heavy atom. The van der Waals surface area contributed by atoms with E-state index in [9.17, 15) is 19.7 Å². The quantitative estimate of drug-likeness (QED) is 0.451. The number of hydrogen-bond acceptors (Lipinski definition) is 4. The fraction of sp³-hybridized carbons (Fsp3) is 0.429. The number of carbonyl (C=O) groups is 2. The van der Waals surface area contributed by atoms with Gasteiger partial charge in [-0.1, -0.05) is 6.42 Å². The number of nitrogens with zero attached hydrogens (tertiary/aromatic N) is 2. The van der Waals surface area contributed by atoms with Gasteiger partial charge >= 0.3 is 5.97 Å². The van der Waals surface area contributed by atoms with Crippen molar-refractivity contribution in [2.75, 3.05) is 11.4 Å². The first kappa shape index (κ1) is 16.6. The highest BCUT2D eigenvalue weighted by Gasteiger charge is 2.13. The van der Waals surface area contributed by atoms with Crippen molar-refractivity contribution in [1.29, 1.82) is 0 Å². The van der Waals surface area contributed by atoms with E-state index in [2.05, 4.69) is 0 Å². The van der Waals surface area contributed by atoms with Crippen LogP contribution in [0.4, 0.5) is 11.4 Å². The molecule has 21 heavy (non-hydrogen) atoms. The molecule has 0 spiro atoms. The number of anilines is 1. The maximum absolute atomic E-state index is 11.6. The molecule has 0 aliphatic rings. The Hall–Kier alpha value is -2.44. The average Bonchev–Trinajstić information content (AvgIpc) is 2.42. The van der Waals surface area contributed by atoms with Crippen molar-refractivity contribution in [2.45, 2.75) is 32.6 Å². The van der Waals surface area contributed by atoms with Gasteiger partial charge in [-0.2, -0.15) is 0 Å². The number of benzene rings is 1. The van der Waals surface area contributed by atoms with Crippen molar-refractivity contribution in [1.82, 2.24) is 0 Å². The summed E-state index contributed by atoms with van der Waals surface area (Å²) in [6.07, 6.45) is 2.09. The summed E-state index contributed by atoms with van der Waals surface area (Å²) in [5, 5.41) is 19.1. The Morgan fingerprint density at radius 2 is 1.81 bits per heavy atom. The molecular weight excluding hydrogens is 276 g/mol. The van der Waals surface area contributed by atoms with Crippen molar-refractivity contribution in [3.63, 3.8) is 0 Å². The third kappa shape index (κ3) is 5.60. The van der Waals surface area contributed by atoms with Crippen LogP contribution in [0.2, 0.25) is 0 Å². The molecule has 114 valence electrons. The SMILES string of the molecule is CC(=O)N(CCCCCC(=O)O)c1ccc([N+](=O)[O-])cc1. The number of unbranched alkanes of at least 4 members (excludes halogenated alkanes) is 2. The van der Waals surface area contributed by atoms with E-state index in [1.165, 1.54) is 36.1 Å². The highest BCUT2D eigenvalue weighted by atomic mass is 16.6. The van der Waals surface area contributed by atoms with Crippen molar-refractivity contribution >= 4 is 23.3 Å². The molecule has 0 atom stereocenters. The minimum atomic E-state index is -0.825. The maximum Gasteiger partial charge on any atom is 0.303 e. The molecule has 0 radical (unpaired) electrons. The summed E-state index contributed by atoms with van der Waals surface area (Å²) in [5.74, 6) is -0.976. The Kier molecular flexibility index (Phi) is 6.32. The normalized spacial score (nSPS) is 10.1. The first-order chi connectivity index (χ1) is 9.91. The predicted molar refractivity (Wildman–Crippen MR) is 77.2 cm³/mol. The van der Waals surface area contributed by atoms with Gasteiger partial charge in [0.25, 0.3) is 5.69 Å². The first-order valence-electron chi connectivity index (χ1n) is 6.66. The number of nitro benzene ring substituents is 1. The molecule has 7 nitrogen and oxygen atoms in total. The third-order valence-corrected chi connectivity index (χ3v) is 3.02. The number of carbonyl (C=O) groups excluding carboxylic acids is 1. The molecule has 7 heteroatoms. The number of non-ortho nitro benzene ring substituents is 1. The summed E-state index contributed by atoms with van der Waals surface area (Å²) in [6.45, 7) is 1.89. The van der Waals surface area contributed by atoms with Gasteiger partial charge in [-0.25, -0.2) is 0 Å². The van der Waals surface area contributed by atoms with Crippen molar-refractivity contribution < 1.29 is 19.6 Å². The standard InChI is InChI=1S/C14H18N2O5/c1-11(17)15(10-4-2-3-5-14(18)19)12-6-8-13(9-7-12)16(20)21/h6-9H,2-5,10H2,1H3,(H,18,19). The number of carboxylic acids is 1. The summed E-state index contributed by atoms with van der Waals surface area (Å²) in [7, 11) is 0. The highest BCUT2D eigenvalue weighted by Crippen LogP contribution is 2.20. The van der Waals surface area contributed by atoms with Crippen LogP contribution in [-0.4, -0.2) is 28.5 Å². The smallest absolute Gasteiger partial charge is 0.303 e. The number of hydrogen-bond donors (Lipinski definition) is 1. The van der Waals surface area contributed by atoms with E-state index < -0.39 is 10.9 Å². The van der Waals surface area contributed by atoms with E-state index in [-0.39, 0.29) is 18.0 Å². The number of nitro groups is 1. The van der Waals surface area contributed by atoms with Gasteiger partial charge in [0.2, 0.25) is 5.91 Å². The molecule has 1 aromatic rings. The molecule has 0 aliphatic heterocycles. The van der Waals surface area contributed by atoms with Gasteiger partial charge in [-0.15, -0.1) is 0 Å². The number of amides is 1. The summed E-state index contributed by atoms with van der Waals surface area (Å²) in [4.78, 5) is 33.7. The lowest BCUT2D eigenvalue weighted by molar-refractivity contribution is -0.384. The molecule has 0 heterocycles. The number of carboxylic acid groups (broad SMARTS) is 1. The molecule has 0 fully saturated rings. The van der Waals surface area contributed by atoms with Gasteiger partial charge < -0.3 is 10.0 Å². The second-order valence-corrected chi connectivity index (χ2v) is 4.65. The fourth-order valence-electron chi connectivity index (χ4n) is 1.95. The predicted octanol–water partition coefficient (Wildman–Crippen LogP) is 2.59. The molecule has 0 saturated carbocycles. The minimum absolute atomic E-state index is 0.0243. The van der Waals surface area contributed by atoms with Crippen LogP contribution in [0.15, 0.2) is 24.3 Å². The third-order valence-electron chi connectivity index (χ3n) is 3.02. The fourth-order valence-corrected chi connectivity index (χ4v) is 1.95. The second-order valence-electron chi connectivity index (χ2n) is 4.65. The van der Waals surface area contributed by atoms with Crippen LogP contribution in [0, 0.1) is 10.1 Å². The lowest BCUT2D eigenvalue weighted by Gasteiger charge is -2.21. The lowest BCUT2D eigenvalue weighted by Crippen LogP contribution is -2.29. The van der Waals surface area contributed by atoms with Crippen molar-refractivity contribution in [3.05, 3.63) is 34.4 Å². The van der Waals surface area contributed by atoms with Crippen LogP contribution in [0.5, 0.6) is 0 Å². The molecule has 1 amide bonds. The van der Waals surface area contributed by atoms with Gasteiger partial charge in [0.05, 0.1) is 4.92 Å². The lowest BCUT2D eigenvalue weighted by atomic mass is 10.1. The molecular formula is C14H18N2O5. The summed E-state index contributed by atoms with van der Waals surface area (Å²) in [5.41, 5.74) is 0.579. The molecule has 1 aromatic carbocycles. The molecule has 0 unspecified atom stereocenters. The van der Waals surface area contributed by atoms with Crippen LogP contribution < -0.4 is 4.90 Å². The van der Waals surface area contributed by atoms with Crippen LogP contribution in [-0.2, 0) is 9.59 Å². The van der Waals surface area contributed by atoms with E-state index in [1.807, 2.05) is 0 Å². The van der Waals surface area contributed by atoms with Gasteiger partial charge in [0.15, 0.2) is 0 Å². The monoisotopic (exact) mass is 294 g/mol. The minimum Gasteiger partial charge on any atom is -0.481 e. The molecule has 0 saturated heterocycles. The zero-order valence-corrected chi connectivity index (χ0v) is 11.8. The van der Waals surface area contributed by atoms with Gasteiger partial charge in [-0.05, 0) is 25.0 Å². The molecule has 0 aliphatic carbocycles.